The summed E-state index contributed by atoms with van der Waals surface area (Å²) < 4.78 is 11.2. The van der Waals surface area contributed by atoms with Gasteiger partial charge in [-0.3, -0.25) is 9.59 Å². The summed E-state index contributed by atoms with van der Waals surface area (Å²) in [7, 11) is 0. The third-order valence-corrected chi connectivity index (χ3v) is 3.75. The number of likely N-dealkylation sites (N-methyl/N-ethyl adjacent to an activating group) is 1. The Kier molecular flexibility index (Phi) is 10.6. The van der Waals surface area contributed by atoms with Crippen LogP contribution in [0.15, 0.2) is 0 Å². The van der Waals surface area contributed by atoms with Crippen molar-refractivity contribution in [2.24, 2.45) is 10.8 Å². The number of Topliss-reactive ketones (excluding diaryl/α,β-unsaturated/α-hetero) is 2. The Balaban J connectivity index is 3.97. The molecule has 0 rings (SSSR count). The van der Waals surface area contributed by atoms with Gasteiger partial charge in [0.05, 0.1) is 32.5 Å². The summed E-state index contributed by atoms with van der Waals surface area (Å²) in [6, 6.07) is 0.0736. The minimum absolute atomic E-state index is 0.0736. The maximum absolute atomic E-state index is 11.8. The van der Waals surface area contributed by atoms with E-state index in [0.29, 0.717) is 39.3 Å². The monoisotopic (exact) mass is 343 g/mol. The first-order valence-corrected chi connectivity index (χ1v) is 8.94. The second kappa shape index (κ2) is 11.0. The number of rotatable bonds is 12. The largest absolute Gasteiger partial charge is 0.379 e. The predicted octanol–water partition coefficient (Wildman–Crippen LogP) is 3.01. The number of carbonyl (C=O) groups is 2. The van der Waals surface area contributed by atoms with Crippen LogP contribution in [0.5, 0.6) is 0 Å². The molecule has 0 saturated carbocycles. The molecule has 5 nitrogen and oxygen atoms in total. The minimum atomic E-state index is -0.312. The second-order valence-electron chi connectivity index (χ2n) is 8.25. The highest BCUT2D eigenvalue weighted by atomic mass is 16.5. The van der Waals surface area contributed by atoms with Crippen molar-refractivity contribution in [1.82, 2.24) is 5.32 Å². The van der Waals surface area contributed by atoms with Crippen LogP contribution >= 0.6 is 0 Å². The predicted molar refractivity (Wildman–Crippen MR) is 97.3 cm³/mol. The summed E-state index contributed by atoms with van der Waals surface area (Å²) in [5.41, 5.74) is -0.625. The first-order chi connectivity index (χ1) is 11.0. The number of ketones is 2. The quantitative estimate of drug-likeness (QED) is 0.552. The molecule has 1 N–H and O–H groups in total. The molecule has 0 aromatic rings. The van der Waals surface area contributed by atoms with Crippen LogP contribution in [0.1, 0.15) is 61.3 Å². The van der Waals surface area contributed by atoms with E-state index in [2.05, 4.69) is 5.32 Å². The number of carbonyl (C=O) groups excluding carboxylic acids is 2. The highest BCUT2D eigenvalue weighted by Crippen LogP contribution is 2.17. The van der Waals surface area contributed by atoms with Gasteiger partial charge in [0, 0.05) is 23.7 Å². The zero-order valence-corrected chi connectivity index (χ0v) is 16.7. The van der Waals surface area contributed by atoms with E-state index in [1.165, 1.54) is 0 Å². The summed E-state index contributed by atoms with van der Waals surface area (Å²) in [5, 5.41) is 3.30. The Hall–Kier alpha value is -0.780. The zero-order chi connectivity index (χ0) is 18.8. The van der Waals surface area contributed by atoms with Crippen LogP contribution in [0.25, 0.3) is 0 Å². The summed E-state index contributed by atoms with van der Waals surface area (Å²) >= 11 is 0. The van der Waals surface area contributed by atoms with Gasteiger partial charge < -0.3 is 14.8 Å². The molecule has 5 heteroatoms. The molecule has 0 radical (unpaired) electrons. The molecule has 0 amide bonds. The van der Waals surface area contributed by atoms with E-state index in [0.717, 1.165) is 6.54 Å². The minimum Gasteiger partial charge on any atom is -0.379 e. The van der Waals surface area contributed by atoms with Crippen LogP contribution in [-0.4, -0.2) is 50.6 Å². The highest BCUT2D eigenvalue weighted by molar-refractivity contribution is 5.84. The van der Waals surface area contributed by atoms with Gasteiger partial charge >= 0.3 is 0 Å². The molecule has 142 valence electrons. The average molecular weight is 344 g/mol. The van der Waals surface area contributed by atoms with Crippen LogP contribution < -0.4 is 5.32 Å². The highest BCUT2D eigenvalue weighted by Gasteiger charge is 2.21. The van der Waals surface area contributed by atoms with Crippen molar-refractivity contribution >= 4 is 11.6 Å². The first-order valence-electron chi connectivity index (χ1n) is 8.94. The molecular formula is C19H37NO4. The molecule has 24 heavy (non-hydrogen) atoms. The van der Waals surface area contributed by atoms with Crippen molar-refractivity contribution in [3.8, 4) is 0 Å². The zero-order valence-electron chi connectivity index (χ0n) is 16.7. The van der Waals surface area contributed by atoms with E-state index in [9.17, 15) is 9.59 Å². The van der Waals surface area contributed by atoms with Crippen molar-refractivity contribution < 1.29 is 19.1 Å². The molecule has 0 aliphatic rings. The lowest BCUT2D eigenvalue weighted by atomic mass is 9.89. The van der Waals surface area contributed by atoms with Gasteiger partial charge in [-0.15, -0.1) is 0 Å². The Labute approximate surface area is 147 Å². The standard InChI is InChI=1S/C19H37NO4/c1-8-20-15(13-23-11-9-16(21)18(2,3)4)14-24-12-10-17(22)19(5,6)7/h15,20H,8-14H2,1-7H3. The van der Waals surface area contributed by atoms with Crippen molar-refractivity contribution in [3.05, 3.63) is 0 Å². The Morgan fingerprint density at radius 2 is 1.21 bits per heavy atom. The molecule has 0 aromatic heterocycles. The second-order valence-corrected chi connectivity index (χ2v) is 8.25. The fourth-order valence-electron chi connectivity index (χ4n) is 1.99. The molecule has 0 bridgehead atoms. The molecule has 0 saturated heterocycles. The van der Waals surface area contributed by atoms with E-state index < -0.39 is 0 Å². The van der Waals surface area contributed by atoms with Gasteiger partial charge in [0.2, 0.25) is 0 Å². The third kappa shape index (κ3) is 10.9. The summed E-state index contributed by atoms with van der Waals surface area (Å²) in [6.07, 6.45) is 0.868. The number of hydrogen-bond donors (Lipinski definition) is 1. The van der Waals surface area contributed by atoms with Gasteiger partial charge in [-0.05, 0) is 6.54 Å². The fraction of sp³-hybridized carbons (Fsp3) is 0.895. The molecule has 0 spiro atoms. The Morgan fingerprint density at radius 3 is 1.50 bits per heavy atom. The number of nitrogens with one attached hydrogen (secondary N) is 1. The maximum Gasteiger partial charge on any atom is 0.140 e. The molecule has 0 aliphatic heterocycles. The van der Waals surface area contributed by atoms with Crippen LogP contribution in [0.2, 0.25) is 0 Å². The molecular weight excluding hydrogens is 306 g/mol. The van der Waals surface area contributed by atoms with Crippen LogP contribution in [0.3, 0.4) is 0 Å². The van der Waals surface area contributed by atoms with Crippen molar-refractivity contribution in [2.45, 2.75) is 67.3 Å². The van der Waals surface area contributed by atoms with Crippen LogP contribution in [0.4, 0.5) is 0 Å². The topological polar surface area (TPSA) is 64.6 Å². The van der Waals surface area contributed by atoms with Gasteiger partial charge in [0.25, 0.3) is 0 Å². The van der Waals surface area contributed by atoms with E-state index >= 15 is 0 Å². The summed E-state index contributed by atoms with van der Waals surface area (Å²) in [5.74, 6) is 0.416. The lowest BCUT2D eigenvalue weighted by Gasteiger charge is -2.20. The molecule has 0 aliphatic carbocycles. The maximum atomic E-state index is 11.8. The van der Waals surface area contributed by atoms with Gasteiger partial charge in [0.15, 0.2) is 0 Å². The molecule has 0 aromatic carbocycles. The fourth-order valence-corrected chi connectivity index (χ4v) is 1.99. The van der Waals surface area contributed by atoms with Gasteiger partial charge in [-0.1, -0.05) is 48.5 Å². The van der Waals surface area contributed by atoms with E-state index in [1.807, 2.05) is 48.5 Å². The molecule has 0 fully saturated rings. The third-order valence-electron chi connectivity index (χ3n) is 3.75. The number of hydrogen-bond acceptors (Lipinski definition) is 5. The van der Waals surface area contributed by atoms with Gasteiger partial charge in [-0.2, -0.15) is 0 Å². The molecule has 0 atom stereocenters. The van der Waals surface area contributed by atoms with E-state index in [4.69, 9.17) is 9.47 Å². The molecule has 0 heterocycles. The van der Waals surface area contributed by atoms with Crippen LogP contribution in [0, 0.1) is 10.8 Å². The molecule has 0 unspecified atom stereocenters. The van der Waals surface area contributed by atoms with E-state index in [-0.39, 0.29) is 28.4 Å². The van der Waals surface area contributed by atoms with Crippen molar-refractivity contribution in [1.29, 1.82) is 0 Å². The van der Waals surface area contributed by atoms with Crippen molar-refractivity contribution in [3.63, 3.8) is 0 Å². The average Bonchev–Trinajstić information content (AvgIpc) is 2.45. The Morgan fingerprint density at radius 1 is 0.833 bits per heavy atom. The lowest BCUT2D eigenvalue weighted by Crippen LogP contribution is -2.38. The first kappa shape index (κ1) is 23.2. The smallest absolute Gasteiger partial charge is 0.140 e. The summed E-state index contributed by atoms with van der Waals surface area (Å²) in [6.45, 7) is 16.2. The van der Waals surface area contributed by atoms with E-state index in [1.54, 1.807) is 0 Å². The van der Waals surface area contributed by atoms with Crippen LogP contribution in [-0.2, 0) is 19.1 Å². The SMILES string of the molecule is CCNC(COCCC(=O)C(C)(C)C)COCCC(=O)C(C)(C)C. The number of ether oxygens (including phenoxy) is 2. The Bertz CT molecular complexity index is 346. The normalized spacial score (nSPS) is 12.7. The van der Waals surface area contributed by atoms with Crippen molar-refractivity contribution in [2.75, 3.05) is 33.0 Å². The lowest BCUT2D eigenvalue weighted by molar-refractivity contribution is -0.127. The van der Waals surface area contributed by atoms with Gasteiger partial charge in [-0.25, -0.2) is 0 Å². The summed E-state index contributed by atoms with van der Waals surface area (Å²) in [4.78, 5) is 23.7. The van der Waals surface area contributed by atoms with Gasteiger partial charge in [0.1, 0.15) is 11.6 Å².